The zero-order valence-corrected chi connectivity index (χ0v) is 16.5. The number of guanidine groups is 1. The Morgan fingerprint density at radius 3 is 2.58 bits per heavy atom. The Kier molecular flexibility index (Phi) is 6.66. The molecule has 1 aromatic carbocycles. The van der Waals surface area contributed by atoms with Crippen molar-refractivity contribution in [3.8, 4) is 0 Å². The number of benzene rings is 1. The molecule has 1 heterocycles. The van der Waals surface area contributed by atoms with E-state index in [9.17, 15) is 4.79 Å². The zero-order valence-electron chi connectivity index (χ0n) is 16.5. The van der Waals surface area contributed by atoms with E-state index in [0.717, 1.165) is 13.1 Å². The number of amides is 1. The Morgan fingerprint density at radius 2 is 1.96 bits per heavy atom. The minimum atomic E-state index is -0.236. The maximum absolute atomic E-state index is 12.1. The molecule has 1 aromatic rings. The van der Waals surface area contributed by atoms with Crippen molar-refractivity contribution in [1.82, 2.24) is 15.5 Å². The van der Waals surface area contributed by atoms with Crippen LogP contribution in [0.15, 0.2) is 41.4 Å². The maximum Gasteiger partial charge on any atom is 0.240 e. The predicted molar refractivity (Wildman–Crippen MR) is 109 cm³/mol. The van der Waals surface area contributed by atoms with Crippen molar-refractivity contribution in [2.75, 3.05) is 38.6 Å². The highest BCUT2D eigenvalue weighted by Crippen LogP contribution is 2.18. The number of rotatable bonds is 5. The number of carbonyl (C=O) groups excluding carboxylic acids is 1. The molecule has 1 amide bonds. The number of hydrogen-bond acceptors (Lipinski definition) is 3. The van der Waals surface area contributed by atoms with E-state index in [4.69, 9.17) is 0 Å². The molecule has 0 aliphatic carbocycles. The highest BCUT2D eigenvalue weighted by Gasteiger charge is 2.16. The summed E-state index contributed by atoms with van der Waals surface area (Å²) in [5, 5.41) is 6.30. The highest BCUT2D eigenvalue weighted by molar-refractivity contribution is 5.86. The quantitative estimate of drug-likeness (QED) is 0.481. The van der Waals surface area contributed by atoms with E-state index in [2.05, 4.69) is 56.9 Å². The first-order valence-electron chi connectivity index (χ1n) is 9.00. The van der Waals surface area contributed by atoms with Gasteiger partial charge in [0.15, 0.2) is 5.96 Å². The molecule has 0 saturated heterocycles. The second kappa shape index (κ2) is 8.74. The third-order valence-electron chi connectivity index (χ3n) is 4.01. The Morgan fingerprint density at radius 1 is 1.27 bits per heavy atom. The van der Waals surface area contributed by atoms with E-state index in [1.807, 2.05) is 32.7 Å². The van der Waals surface area contributed by atoms with Crippen molar-refractivity contribution in [2.45, 2.75) is 32.9 Å². The largest absolute Gasteiger partial charge is 0.364 e. The Balaban J connectivity index is 1.90. The van der Waals surface area contributed by atoms with Crippen molar-refractivity contribution in [1.29, 1.82) is 0 Å². The van der Waals surface area contributed by atoms with Crippen LogP contribution in [0.4, 0.5) is 5.69 Å². The van der Waals surface area contributed by atoms with Crippen molar-refractivity contribution in [3.63, 3.8) is 0 Å². The summed E-state index contributed by atoms with van der Waals surface area (Å²) >= 11 is 0. The van der Waals surface area contributed by atoms with Crippen LogP contribution in [0.2, 0.25) is 0 Å². The lowest BCUT2D eigenvalue weighted by Gasteiger charge is -2.25. The lowest BCUT2D eigenvalue weighted by atomic mass is 10.1. The predicted octanol–water partition coefficient (Wildman–Crippen LogP) is 1.98. The van der Waals surface area contributed by atoms with E-state index >= 15 is 0 Å². The summed E-state index contributed by atoms with van der Waals surface area (Å²) < 4.78 is 0. The molecule has 0 aromatic heterocycles. The monoisotopic (exact) mass is 357 g/mol. The molecular formula is C20H31N5O. The molecule has 6 nitrogen and oxygen atoms in total. The van der Waals surface area contributed by atoms with Gasteiger partial charge in [-0.1, -0.05) is 24.3 Å². The smallest absolute Gasteiger partial charge is 0.240 e. The van der Waals surface area contributed by atoms with Crippen LogP contribution < -0.4 is 15.5 Å². The number of nitrogens with one attached hydrogen (secondary N) is 2. The average Bonchev–Trinajstić information content (AvgIpc) is 3.08. The van der Waals surface area contributed by atoms with Gasteiger partial charge in [0.05, 0.1) is 6.54 Å². The van der Waals surface area contributed by atoms with E-state index in [1.54, 1.807) is 7.05 Å². The van der Waals surface area contributed by atoms with Crippen molar-refractivity contribution in [3.05, 3.63) is 42.0 Å². The van der Waals surface area contributed by atoms with Crippen LogP contribution in [-0.4, -0.2) is 56.0 Å². The molecule has 1 aliphatic heterocycles. The molecule has 0 radical (unpaired) electrons. The van der Waals surface area contributed by atoms with Crippen LogP contribution in [0.3, 0.4) is 0 Å². The molecule has 0 spiro atoms. The van der Waals surface area contributed by atoms with E-state index in [1.165, 1.54) is 11.3 Å². The van der Waals surface area contributed by atoms with Gasteiger partial charge in [-0.2, -0.15) is 0 Å². The molecule has 0 fully saturated rings. The normalized spacial score (nSPS) is 14.5. The number of likely N-dealkylation sites (N-methyl/N-ethyl adjacent to an activating group) is 1. The number of aliphatic imine (C=N–C) groups is 1. The minimum absolute atomic E-state index is 0.0218. The van der Waals surface area contributed by atoms with Gasteiger partial charge in [-0.25, -0.2) is 0 Å². The molecule has 2 rings (SSSR count). The van der Waals surface area contributed by atoms with Gasteiger partial charge in [0.25, 0.3) is 0 Å². The second-order valence-electron chi connectivity index (χ2n) is 7.60. The fraction of sp³-hybridized carbons (Fsp3) is 0.500. The third-order valence-corrected chi connectivity index (χ3v) is 4.01. The van der Waals surface area contributed by atoms with Crippen LogP contribution in [0, 0.1) is 0 Å². The van der Waals surface area contributed by atoms with Crippen LogP contribution in [-0.2, 0) is 11.3 Å². The van der Waals surface area contributed by atoms with Crippen LogP contribution in [0.5, 0.6) is 0 Å². The summed E-state index contributed by atoms with van der Waals surface area (Å²) in [4.78, 5) is 20.5. The Labute approximate surface area is 157 Å². The topological polar surface area (TPSA) is 60.0 Å². The minimum Gasteiger partial charge on any atom is -0.364 e. The second-order valence-corrected chi connectivity index (χ2v) is 7.60. The van der Waals surface area contributed by atoms with Gasteiger partial charge in [-0.15, -0.1) is 0 Å². The summed E-state index contributed by atoms with van der Waals surface area (Å²) in [6, 6.07) is 8.50. The lowest BCUT2D eigenvalue weighted by Crippen LogP contribution is -2.48. The molecule has 0 bridgehead atoms. The number of anilines is 1. The van der Waals surface area contributed by atoms with Crippen LogP contribution in [0.1, 0.15) is 26.3 Å². The molecule has 2 N–H and O–H groups in total. The van der Waals surface area contributed by atoms with E-state index in [-0.39, 0.29) is 18.0 Å². The van der Waals surface area contributed by atoms with Gasteiger partial charge in [0.1, 0.15) is 0 Å². The molecule has 0 unspecified atom stereocenters. The van der Waals surface area contributed by atoms with Gasteiger partial charge in [0, 0.05) is 45.0 Å². The van der Waals surface area contributed by atoms with Gasteiger partial charge < -0.3 is 20.4 Å². The third kappa shape index (κ3) is 6.10. The number of nitrogens with zero attached hydrogens (tertiary/aromatic N) is 3. The van der Waals surface area contributed by atoms with Gasteiger partial charge in [-0.05, 0) is 38.5 Å². The standard InChI is InChI=1S/C20H31N5O/c1-20(2,3)23-18(26)15-24(5)19(21-4)22-14-16-9-8-10-17(13-16)25-11-6-7-12-25/h6-10,13H,11-12,14-15H2,1-5H3,(H,21,22)(H,23,26). The molecule has 26 heavy (non-hydrogen) atoms. The molecule has 6 heteroatoms. The van der Waals surface area contributed by atoms with Gasteiger partial charge >= 0.3 is 0 Å². The fourth-order valence-electron chi connectivity index (χ4n) is 2.87. The first kappa shape index (κ1) is 19.8. The zero-order chi connectivity index (χ0) is 19.2. The molecular weight excluding hydrogens is 326 g/mol. The first-order valence-corrected chi connectivity index (χ1v) is 9.00. The number of carbonyl (C=O) groups is 1. The van der Waals surface area contributed by atoms with Crippen molar-refractivity contribution in [2.24, 2.45) is 4.99 Å². The van der Waals surface area contributed by atoms with Gasteiger partial charge in [-0.3, -0.25) is 9.79 Å². The lowest BCUT2D eigenvalue weighted by molar-refractivity contribution is -0.122. The summed E-state index contributed by atoms with van der Waals surface area (Å²) in [5.74, 6) is 0.675. The highest BCUT2D eigenvalue weighted by atomic mass is 16.2. The summed E-state index contributed by atoms with van der Waals surface area (Å²) in [7, 11) is 3.59. The first-order chi connectivity index (χ1) is 12.3. The fourth-order valence-corrected chi connectivity index (χ4v) is 2.87. The average molecular weight is 358 g/mol. The SMILES string of the molecule is CN=C(NCc1cccc(N2CC=CC2)c1)N(C)CC(=O)NC(C)(C)C. The summed E-state index contributed by atoms with van der Waals surface area (Å²) in [6.45, 7) is 8.76. The van der Waals surface area contributed by atoms with Crippen LogP contribution >= 0.6 is 0 Å². The molecule has 1 aliphatic rings. The van der Waals surface area contributed by atoms with E-state index < -0.39 is 0 Å². The molecule has 0 atom stereocenters. The van der Waals surface area contributed by atoms with Crippen LogP contribution in [0.25, 0.3) is 0 Å². The Bertz CT molecular complexity index is 667. The number of hydrogen-bond donors (Lipinski definition) is 2. The summed E-state index contributed by atoms with van der Waals surface area (Å²) in [5.41, 5.74) is 2.17. The molecule has 0 saturated carbocycles. The maximum atomic E-state index is 12.1. The Hall–Kier alpha value is -2.50. The van der Waals surface area contributed by atoms with E-state index in [0.29, 0.717) is 12.5 Å². The van der Waals surface area contributed by atoms with Gasteiger partial charge in [0.2, 0.25) is 5.91 Å². The van der Waals surface area contributed by atoms with Crippen molar-refractivity contribution >= 4 is 17.6 Å². The molecule has 142 valence electrons. The summed E-state index contributed by atoms with van der Waals surface area (Å²) in [6.07, 6.45) is 4.37. The van der Waals surface area contributed by atoms with Crippen molar-refractivity contribution < 1.29 is 4.79 Å².